The van der Waals surface area contributed by atoms with E-state index in [4.69, 9.17) is 0 Å². The highest BCUT2D eigenvalue weighted by atomic mass is 32.3. The van der Waals surface area contributed by atoms with E-state index in [0.29, 0.717) is 25.7 Å². The fraction of sp³-hybridized carbons (Fsp3) is 0.929. The summed E-state index contributed by atoms with van der Waals surface area (Å²) >= 11 is 0. The summed E-state index contributed by atoms with van der Waals surface area (Å²) in [7, 11) is -8.12. The fourth-order valence-electron chi connectivity index (χ4n) is 1.86. The Kier molecular flexibility index (Phi) is 9.15. The Morgan fingerprint density at radius 3 is 1.78 bits per heavy atom. The van der Waals surface area contributed by atoms with E-state index in [0.717, 1.165) is 0 Å². The van der Waals surface area contributed by atoms with Crippen LogP contribution in [0.2, 0.25) is 0 Å². The standard InChI is InChI=1S/C14H27F3O4S2/c1-5-7-9-22(10-8-6-2,11-13(18)12(3)4)21-23(19,20)14(15,16)17/h12H,5-11H2,1-4H3/p+1. The van der Waals surface area contributed by atoms with Crippen LogP contribution in [0.1, 0.15) is 53.4 Å². The number of hydrogen-bond donors (Lipinski definition) is 0. The minimum Gasteiger partial charge on any atom is -0.298 e. The van der Waals surface area contributed by atoms with Gasteiger partial charge in [-0.05, 0) is 23.2 Å². The molecule has 0 rings (SSSR count). The number of Topliss-reactive ketones (excluding diaryl/α,β-unsaturated/α-hetero) is 1. The lowest BCUT2D eigenvalue weighted by Gasteiger charge is -2.34. The Balaban J connectivity index is 5.64. The summed E-state index contributed by atoms with van der Waals surface area (Å²) in [5, 5.41) is 0. The van der Waals surface area contributed by atoms with Gasteiger partial charge in [0.25, 0.3) is 0 Å². The molecule has 0 bridgehead atoms. The summed E-state index contributed by atoms with van der Waals surface area (Å²) in [6.07, 6.45) is 2.53. The maximum absolute atomic E-state index is 12.8. The van der Waals surface area contributed by atoms with Crippen molar-refractivity contribution in [1.29, 1.82) is 0 Å². The van der Waals surface area contributed by atoms with Crippen molar-refractivity contribution >= 4 is 26.2 Å². The summed E-state index contributed by atoms with van der Waals surface area (Å²) in [5.74, 6) is -0.267. The second kappa shape index (κ2) is 9.27. The quantitative estimate of drug-likeness (QED) is 0.301. The van der Waals surface area contributed by atoms with Gasteiger partial charge in [0.15, 0.2) is 0 Å². The van der Waals surface area contributed by atoms with E-state index in [9.17, 15) is 26.4 Å². The van der Waals surface area contributed by atoms with Crippen LogP contribution in [0.3, 0.4) is 0 Å². The topological polar surface area (TPSA) is 64.0 Å². The van der Waals surface area contributed by atoms with Crippen LogP contribution >= 0.6 is 10.3 Å². The highest BCUT2D eigenvalue weighted by Crippen LogP contribution is 2.52. The summed E-state index contributed by atoms with van der Waals surface area (Å²) in [6, 6.07) is 0. The Labute approximate surface area is 138 Å². The van der Waals surface area contributed by atoms with Crippen LogP contribution in [0.5, 0.6) is 0 Å². The summed E-state index contributed by atoms with van der Waals surface area (Å²) < 4.78 is 64.7. The maximum atomic E-state index is 12.8. The molecule has 0 aliphatic carbocycles. The number of halogens is 3. The van der Waals surface area contributed by atoms with Crippen molar-refractivity contribution in [3.05, 3.63) is 0 Å². The van der Waals surface area contributed by atoms with Gasteiger partial charge in [0.1, 0.15) is 5.78 Å². The Morgan fingerprint density at radius 1 is 1.04 bits per heavy atom. The first-order valence-corrected chi connectivity index (χ1v) is 11.3. The number of carbonyl (C=O) groups is 1. The minimum atomic E-state index is -5.58. The van der Waals surface area contributed by atoms with Gasteiger partial charge < -0.3 is 0 Å². The molecule has 0 spiro atoms. The smallest absolute Gasteiger partial charge is 0.298 e. The molecule has 0 radical (unpaired) electrons. The third kappa shape index (κ3) is 7.43. The minimum absolute atomic E-state index is 0.181. The predicted octanol–water partition coefficient (Wildman–Crippen LogP) is 4.47. The SMILES string of the molecule is CCCCS(CCCC)(CC(=O)C(C)C)[OH+]S(=O)(=O)C(F)(F)F. The number of ketones is 1. The van der Waals surface area contributed by atoms with Crippen molar-refractivity contribution in [2.45, 2.75) is 58.9 Å². The molecule has 0 fully saturated rings. The zero-order chi connectivity index (χ0) is 18.3. The fourth-order valence-corrected chi connectivity index (χ4v) is 7.67. The van der Waals surface area contributed by atoms with E-state index < -0.39 is 25.9 Å². The zero-order valence-corrected chi connectivity index (χ0v) is 15.8. The van der Waals surface area contributed by atoms with Crippen molar-refractivity contribution in [2.24, 2.45) is 5.92 Å². The summed E-state index contributed by atoms with van der Waals surface area (Å²) in [5.41, 5.74) is -5.41. The van der Waals surface area contributed by atoms with Gasteiger partial charge in [0.05, 0.1) is 5.75 Å². The van der Waals surface area contributed by atoms with Gasteiger partial charge in [-0.3, -0.25) is 8.42 Å². The molecule has 0 aromatic heterocycles. The number of unbranched alkanes of at least 4 members (excludes halogenated alkanes) is 2. The molecule has 0 aromatic carbocycles. The normalized spacial score (nSPS) is 14.3. The van der Waals surface area contributed by atoms with Gasteiger partial charge in [-0.15, -0.1) is 8.42 Å². The first kappa shape index (κ1) is 22.7. The van der Waals surface area contributed by atoms with Crippen LogP contribution in [0, 0.1) is 5.92 Å². The average Bonchev–Trinajstić information content (AvgIpc) is 2.41. The first-order chi connectivity index (χ1) is 10.4. The molecule has 4 nitrogen and oxygen atoms in total. The van der Waals surface area contributed by atoms with Crippen molar-refractivity contribution in [3.63, 3.8) is 0 Å². The lowest BCUT2D eigenvalue weighted by molar-refractivity contribution is -0.119. The molecule has 23 heavy (non-hydrogen) atoms. The molecular weight excluding hydrogens is 353 g/mol. The van der Waals surface area contributed by atoms with E-state index >= 15 is 0 Å². The lowest BCUT2D eigenvalue weighted by atomic mass is 10.1. The number of alkyl halides is 3. The summed E-state index contributed by atoms with van der Waals surface area (Å²) in [6.45, 7) is 7.05. The van der Waals surface area contributed by atoms with Crippen molar-refractivity contribution < 1.29 is 30.0 Å². The summed E-state index contributed by atoms with van der Waals surface area (Å²) in [4.78, 5) is 12.1. The Morgan fingerprint density at radius 2 is 1.48 bits per heavy atom. The molecule has 0 amide bonds. The monoisotopic (exact) mass is 381 g/mol. The van der Waals surface area contributed by atoms with Crippen LogP contribution in [0.4, 0.5) is 13.2 Å². The van der Waals surface area contributed by atoms with Crippen LogP contribution in [0.15, 0.2) is 0 Å². The zero-order valence-electron chi connectivity index (χ0n) is 14.1. The maximum Gasteiger partial charge on any atom is 0.572 e. The molecule has 0 atom stereocenters. The van der Waals surface area contributed by atoms with E-state index in [1.807, 2.05) is 13.8 Å². The predicted molar refractivity (Wildman–Crippen MR) is 89.5 cm³/mol. The van der Waals surface area contributed by atoms with Crippen molar-refractivity contribution in [1.82, 2.24) is 0 Å². The second-order valence-electron chi connectivity index (χ2n) is 5.88. The molecule has 1 N–H and O–H groups in total. The molecule has 0 unspecified atom stereocenters. The molecule has 140 valence electrons. The molecule has 0 heterocycles. The lowest BCUT2D eigenvalue weighted by Crippen LogP contribution is -2.35. The van der Waals surface area contributed by atoms with Gasteiger partial charge in [0, 0.05) is 17.4 Å². The van der Waals surface area contributed by atoms with Gasteiger partial charge in [-0.2, -0.15) is 13.2 Å². The number of rotatable bonds is 11. The Hall–Kier alpha value is -0.280. The van der Waals surface area contributed by atoms with Gasteiger partial charge in [-0.1, -0.05) is 40.5 Å². The molecule has 0 aromatic rings. The van der Waals surface area contributed by atoms with Gasteiger partial charge in [0.2, 0.25) is 0 Å². The molecule has 9 heteroatoms. The average molecular weight is 382 g/mol. The Bertz CT molecular complexity index is 465. The number of hydrogen-bond acceptors (Lipinski definition) is 3. The third-order valence-electron chi connectivity index (χ3n) is 3.36. The van der Waals surface area contributed by atoms with Gasteiger partial charge in [-0.25, -0.2) is 0 Å². The van der Waals surface area contributed by atoms with Crippen molar-refractivity contribution in [2.75, 3.05) is 17.3 Å². The highest BCUT2D eigenvalue weighted by Gasteiger charge is 2.56. The molecule has 0 aliphatic heterocycles. The van der Waals surface area contributed by atoms with Crippen LogP contribution in [0.25, 0.3) is 0 Å². The number of carbonyl (C=O) groups excluding carboxylic acids is 1. The highest BCUT2D eigenvalue weighted by molar-refractivity contribution is 8.32. The van der Waals surface area contributed by atoms with E-state index in [2.05, 4.69) is 3.63 Å². The van der Waals surface area contributed by atoms with Crippen LogP contribution in [-0.4, -0.2) is 40.6 Å². The first-order valence-electron chi connectivity index (χ1n) is 7.75. The van der Waals surface area contributed by atoms with Crippen molar-refractivity contribution in [3.8, 4) is 0 Å². The second-order valence-corrected chi connectivity index (χ2v) is 11.0. The van der Waals surface area contributed by atoms with E-state index in [-0.39, 0.29) is 29.0 Å². The largest absolute Gasteiger partial charge is 0.572 e. The van der Waals surface area contributed by atoms with Gasteiger partial charge >= 0.3 is 15.6 Å². The van der Waals surface area contributed by atoms with Crippen LogP contribution < -0.4 is 0 Å². The molecule has 0 saturated carbocycles. The molecule has 0 saturated heterocycles. The molecule has 0 aliphatic rings. The molecular formula is C14H28F3O4S2+. The van der Waals surface area contributed by atoms with E-state index in [1.54, 1.807) is 13.8 Å². The third-order valence-corrected chi connectivity index (χ3v) is 8.91. The van der Waals surface area contributed by atoms with Crippen LogP contribution in [-0.2, 0) is 14.9 Å². The van der Waals surface area contributed by atoms with E-state index in [1.165, 1.54) is 0 Å².